The molecule has 0 radical (unpaired) electrons. The van der Waals surface area contributed by atoms with Gasteiger partial charge in [0.05, 0.1) is 34.3 Å². The lowest BCUT2D eigenvalue weighted by Gasteiger charge is -2.12. The van der Waals surface area contributed by atoms with Crippen LogP contribution in [0.5, 0.6) is 0 Å². The van der Waals surface area contributed by atoms with Gasteiger partial charge in [0, 0.05) is 11.4 Å². The van der Waals surface area contributed by atoms with Gasteiger partial charge in [0.15, 0.2) is 5.82 Å². The van der Waals surface area contributed by atoms with Crippen LogP contribution in [0.3, 0.4) is 0 Å². The minimum absolute atomic E-state index is 0.0257. The van der Waals surface area contributed by atoms with E-state index < -0.39 is 51.7 Å². The van der Waals surface area contributed by atoms with Crippen LogP contribution in [-0.4, -0.2) is 61.3 Å². The van der Waals surface area contributed by atoms with Gasteiger partial charge in [0.1, 0.15) is 22.7 Å². The topological polar surface area (TPSA) is 152 Å². The molecule has 0 saturated carbocycles. The number of hydrogen-bond acceptors (Lipinski definition) is 8. The summed E-state index contributed by atoms with van der Waals surface area (Å²) in [5, 5.41) is 6.15. The molecule has 1 N–H and O–H groups in total. The molecule has 4 rings (SSSR count). The average molecular weight is 799 g/mol. The summed E-state index contributed by atoms with van der Waals surface area (Å²) in [7, 11) is -3.65. The Morgan fingerprint density at radius 1 is 0.878 bits per heavy atom. The molecule has 0 aliphatic rings. The first kappa shape index (κ1) is 39.8. The number of esters is 1. The molecule has 2 aromatic heterocycles. The van der Waals surface area contributed by atoms with Crippen LogP contribution in [0.1, 0.15) is 37.2 Å². The predicted octanol–water partition coefficient (Wildman–Crippen LogP) is 5.66. The van der Waals surface area contributed by atoms with Crippen molar-refractivity contribution in [2.24, 2.45) is 0 Å². The first-order chi connectivity index (χ1) is 22.7. The Hall–Kier alpha value is -3.65. The molecule has 1 atom stereocenters. The molecule has 4 aromatic rings. The van der Waals surface area contributed by atoms with Crippen LogP contribution in [0.2, 0.25) is 15.1 Å². The number of anilines is 1. The number of aromatic nitrogens is 6. The molecule has 0 amide bonds. The number of carbonyl (C=O) groups excluding carboxylic acids is 1. The number of aryl methyl sites for hydroxylation is 2. The van der Waals surface area contributed by atoms with Crippen LogP contribution >= 0.6 is 46.4 Å². The van der Waals surface area contributed by atoms with E-state index in [4.69, 9.17) is 51.1 Å². The van der Waals surface area contributed by atoms with Gasteiger partial charge in [-0.2, -0.15) is 26.9 Å². The molecule has 0 spiro atoms. The highest BCUT2D eigenvalue weighted by molar-refractivity contribution is 7.92. The van der Waals surface area contributed by atoms with Crippen LogP contribution in [0.25, 0.3) is 11.4 Å². The van der Waals surface area contributed by atoms with Crippen molar-refractivity contribution in [2.45, 2.75) is 45.7 Å². The molecule has 23 heteroatoms. The Balaban J connectivity index is 0.000000267. The number of sulfonamides is 1. The van der Waals surface area contributed by atoms with E-state index in [0.717, 1.165) is 24.5 Å². The molecule has 0 bridgehead atoms. The zero-order valence-electron chi connectivity index (χ0n) is 25.4. The fourth-order valence-electron chi connectivity index (χ4n) is 4.10. The summed E-state index contributed by atoms with van der Waals surface area (Å²) in [4.78, 5) is 35.7. The lowest BCUT2D eigenvalue weighted by atomic mass is 10.1. The monoisotopic (exact) mass is 797 g/mol. The minimum atomic E-state index is -3.65. The first-order valence-corrected chi connectivity index (χ1v) is 16.8. The fourth-order valence-corrected chi connectivity index (χ4v) is 5.69. The molecule has 1 unspecified atom stereocenters. The number of hydrogen-bond donors (Lipinski definition) is 1. The van der Waals surface area contributed by atoms with Crippen LogP contribution in [0.15, 0.2) is 33.9 Å². The molecule has 0 saturated heterocycles. The standard InChI is InChI=1S/C15H14Cl2F3N3O3.C11H10Cl2F2N4O3S/c1-3-26-13(24)10(17)4-8-5-12(11(18)6-9(8)16)23-15(25)22(14(19)20)7(2)21-23;1-5-16-19(11(20)18(5)10(14)15)9-4-8(17-23(2,21)22)6(12)3-7(9)13/h5-6,10,14H,3-4H2,1-2H3;3-4,10,17H,1-2H3. The van der Waals surface area contributed by atoms with Crippen molar-refractivity contribution in [1.29, 1.82) is 0 Å². The first-order valence-electron chi connectivity index (χ1n) is 13.4. The third-order valence-corrected chi connectivity index (χ3v) is 8.09. The second-order valence-corrected chi connectivity index (χ2v) is 13.3. The summed E-state index contributed by atoms with van der Waals surface area (Å²) in [6.07, 6.45) is 0.787. The minimum Gasteiger partial charge on any atom is -0.465 e. The van der Waals surface area contributed by atoms with Crippen LogP contribution < -0.4 is 16.1 Å². The summed E-state index contributed by atoms with van der Waals surface area (Å²) in [5.41, 5.74) is -2.64. The number of nitrogens with zero attached hydrogens (tertiary/aromatic N) is 6. The van der Waals surface area contributed by atoms with Crippen molar-refractivity contribution in [3.05, 3.63) is 83.3 Å². The van der Waals surface area contributed by atoms with Gasteiger partial charge in [-0.3, -0.25) is 9.52 Å². The number of nitrogens with one attached hydrogen (secondary N) is 1. The second kappa shape index (κ2) is 15.9. The van der Waals surface area contributed by atoms with Crippen molar-refractivity contribution in [2.75, 3.05) is 17.6 Å². The zero-order valence-corrected chi connectivity index (χ0v) is 29.2. The number of halogens is 9. The average Bonchev–Trinajstić information content (AvgIpc) is 3.44. The maximum absolute atomic E-state index is 14.2. The largest absolute Gasteiger partial charge is 0.465 e. The van der Waals surface area contributed by atoms with Gasteiger partial charge in [-0.1, -0.05) is 34.8 Å². The Morgan fingerprint density at radius 2 is 1.39 bits per heavy atom. The van der Waals surface area contributed by atoms with Gasteiger partial charge < -0.3 is 4.74 Å². The maximum Gasteiger partial charge on any atom is 0.355 e. The van der Waals surface area contributed by atoms with Gasteiger partial charge in [-0.25, -0.2) is 31.5 Å². The normalized spacial score (nSPS) is 12.2. The Labute approximate surface area is 293 Å². The van der Waals surface area contributed by atoms with Crippen molar-refractivity contribution in [3.63, 3.8) is 0 Å². The summed E-state index contributed by atoms with van der Waals surface area (Å²) >= 11 is 23.7. The molecule has 268 valence electrons. The van der Waals surface area contributed by atoms with E-state index in [1.54, 1.807) is 6.92 Å². The summed E-state index contributed by atoms with van der Waals surface area (Å²) in [6, 6.07) is 4.34. The van der Waals surface area contributed by atoms with Gasteiger partial charge in [-0.15, -0.1) is 21.8 Å². The number of rotatable bonds is 10. The highest BCUT2D eigenvalue weighted by Crippen LogP contribution is 2.32. The van der Waals surface area contributed by atoms with Gasteiger partial charge in [0.2, 0.25) is 10.0 Å². The Kier molecular flexibility index (Phi) is 12.9. The molecule has 0 aliphatic heterocycles. The van der Waals surface area contributed by atoms with Crippen molar-refractivity contribution >= 4 is 68.1 Å². The third kappa shape index (κ3) is 9.33. The van der Waals surface area contributed by atoms with Gasteiger partial charge in [0.25, 0.3) is 0 Å². The molecule has 0 fully saturated rings. The predicted molar refractivity (Wildman–Crippen MR) is 171 cm³/mol. The highest BCUT2D eigenvalue weighted by atomic mass is 35.5. The maximum atomic E-state index is 14.2. The van der Waals surface area contributed by atoms with E-state index in [1.807, 2.05) is 0 Å². The third-order valence-electron chi connectivity index (χ3n) is 6.20. The van der Waals surface area contributed by atoms with Gasteiger partial charge >= 0.3 is 30.4 Å². The van der Waals surface area contributed by atoms with Crippen LogP contribution in [0.4, 0.5) is 27.6 Å². The number of alkyl halides is 5. The SMILES string of the molecule is CCOC(=O)C(Cl)Cc1cc(-n2nc(C)n(C(F)F)c2=O)c(F)cc1Cl.Cc1nn(-c2cc(NS(C)(=O)=O)c(Cl)cc2Cl)c(=O)n1C(F)F. The van der Waals surface area contributed by atoms with E-state index in [1.165, 1.54) is 19.9 Å². The van der Waals surface area contributed by atoms with Crippen LogP contribution in [-0.2, 0) is 26.0 Å². The van der Waals surface area contributed by atoms with Crippen molar-refractivity contribution in [1.82, 2.24) is 28.7 Å². The second-order valence-electron chi connectivity index (χ2n) is 9.75. The lowest BCUT2D eigenvalue weighted by molar-refractivity contribution is -0.142. The molecule has 2 aromatic carbocycles. The molecular formula is C26H24Cl4F5N7O6S. The fraction of sp³-hybridized carbons (Fsp3) is 0.346. The van der Waals surface area contributed by atoms with E-state index in [0.29, 0.717) is 9.36 Å². The molecule has 0 aliphatic carbocycles. The Bertz CT molecular complexity index is 2100. The highest BCUT2D eigenvalue weighted by Gasteiger charge is 2.24. The van der Waals surface area contributed by atoms with Crippen LogP contribution in [0, 0.1) is 19.7 Å². The molecule has 2 heterocycles. The van der Waals surface area contributed by atoms with E-state index in [-0.39, 0.29) is 71.5 Å². The molecule has 13 nitrogen and oxygen atoms in total. The van der Waals surface area contributed by atoms with Crippen molar-refractivity contribution < 1.29 is 39.9 Å². The van der Waals surface area contributed by atoms with E-state index in [9.17, 15) is 44.8 Å². The Morgan fingerprint density at radius 3 is 1.84 bits per heavy atom. The van der Waals surface area contributed by atoms with E-state index >= 15 is 0 Å². The number of carbonyl (C=O) groups is 1. The van der Waals surface area contributed by atoms with Gasteiger partial charge in [-0.05, 0) is 50.6 Å². The zero-order chi connectivity index (χ0) is 37.1. The number of ether oxygens (including phenoxy) is 1. The lowest BCUT2D eigenvalue weighted by Crippen LogP contribution is -2.25. The summed E-state index contributed by atoms with van der Waals surface area (Å²) in [5.74, 6) is -2.15. The van der Waals surface area contributed by atoms with Crippen molar-refractivity contribution in [3.8, 4) is 11.4 Å². The van der Waals surface area contributed by atoms with E-state index in [2.05, 4.69) is 14.9 Å². The smallest absolute Gasteiger partial charge is 0.355 e. The summed E-state index contributed by atoms with van der Waals surface area (Å²) in [6.45, 7) is -2.04. The quantitative estimate of drug-likeness (QED) is 0.123. The molecular weight excluding hydrogens is 775 g/mol. The summed E-state index contributed by atoms with van der Waals surface area (Å²) < 4.78 is 96.8. The number of benzene rings is 2. The molecule has 49 heavy (non-hydrogen) atoms.